The highest BCUT2D eigenvalue weighted by Crippen LogP contribution is 2.21. The second-order valence-electron chi connectivity index (χ2n) is 8.03. The number of H-pyrrole nitrogens is 1. The Kier molecular flexibility index (Phi) is 7.07. The van der Waals surface area contributed by atoms with Crippen molar-refractivity contribution in [3.8, 4) is 0 Å². The van der Waals surface area contributed by atoms with Crippen LogP contribution in [0.1, 0.15) is 50.3 Å². The van der Waals surface area contributed by atoms with Gasteiger partial charge in [0.25, 0.3) is 0 Å². The molecule has 1 aliphatic carbocycles. The predicted molar refractivity (Wildman–Crippen MR) is 108 cm³/mol. The van der Waals surface area contributed by atoms with Crippen molar-refractivity contribution in [3.05, 3.63) is 33.7 Å². The summed E-state index contributed by atoms with van der Waals surface area (Å²) in [5.74, 6) is 0.211. The highest BCUT2D eigenvalue weighted by atomic mass is 16.2. The highest BCUT2D eigenvalue weighted by molar-refractivity contribution is 5.78. The van der Waals surface area contributed by atoms with Crippen molar-refractivity contribution < 1.29 is 4.79 Å². The average Bonchev–Trinajstić information content (AvgIpc) is 2.69. The molecule has 0 unspecified atom stereocenters. The maximum Gasteiger partial charge on any atom is 0.248 e. The first-order valence-electron chi connectivity index (χ1n) is 10.5. The second-order valence-corrected chi connectivity index (χ2v) is 8.03. The second kappa shape index (κ2) is 9.51. The Bertz CT molecular complexity index is 681. The monoisotopic (exact) mass is 374 g/mol. The summed E-state index contributed by atoms with van der Waals surface area (Å²) < 4.78 is 0. The number of aromatic nitrogens is 1. The molecule has 1 aromatic heterocycles. The molecular weight excluding hydrogens is 340 g/mol. The molecule has 1 fully saturated rings. The summed E-state index contributed by atoms with van der Waals surface area (Å²) in [6.07, 6.45) is 7.45. The SMILES string of the molecule is CCN(CCN(C)C1CCCCC1)C(=O)CN1CCc2[nH]c(=O)ccc2C1. The van der Waals surface area contributed by atoms with Gasteiger partial charge in [0.2, 0.25) is 11.5 Å². The summed E-state index contributed by atoms with van der Waals surface area (Å²) in [7, 11) is 2.21. The molecule has 1 N–H and O–H groups in total. The summed E-state index contributed by atoms with van der Waals surface area (Å²) in [4.78, 5) is 33.8. The molecule has 1 amide bonds. The van der Waals surface area contributed by atoms with E-state index in [2.05, 4.69) is 28.8 Å². The van der Waals surface area contributed by atoms with Crippen molar-refractivity contribution in [1.82, 2.24) is 19.7 Å². The Labute approximate surface area is 162 Å². The molecule has 1 saturated carbocycles. The third-order valence-corrected chi connectivity index (χ3v) is 6.18. The van der Waals surface area contributed by atoms with Gasteiger partial charge in [0.15, 0.2) is 0 Å². The van der Waals surface area contributed by atoms with E-state index in [1.165, 1.54) is 32.1 Å². The third-order valence-electron chi connectivity index (χ3n) is 6.18. The molecule has 150 valence electrons. The number of rotatable bonds is 7. The Balaban J connectivity index is 1.48. The molecule has 2 aliphatic rings. The maximum absolute atomic E-state index is 12.8. The van der Waals surface area contributed by atoms with Crippen molar-refractivity contribution >= 4 is 5.91 Å². The summed E-state index contributed by atoms with van der Waals surface area (Å²) in [5.41, 5.74) is 2.11. The van der Waals surface area contributed by atoms with Gasteiger partial charge in [-0.3, -0.25) is 14.5 Å². The summed E-state index contributed by atoms with van der Waals surface area (Å²) in [6, 6.07) is 4.15. The molecular formula is C21H34N4O2. The largest absolute Gasteiger partial charge is 0.341 e. The van der Waals surface area contributed by atoms with E-state index in [0.717, 1.165) is 50.4 Å². The first-order chi connectivity index (χ1) is 13.1. The zero-order valence-electron chi connectivity index (χ0n) is 16.9. The molecule has 0 radical (unpaired) electrons. The van der Waals surface area contributed by atoms with Crippen molar-refractivity contribution in [1.29, 1.82) is 0 Å². The van der Waals surface area contributed by atoms with Gasteiger partial charge in [-0.15, -0.1) is 0 Å². The molecule has 3 rings (SSSR count). The lowest BCUT2D eigenvalue weighted by Crippen LogP contribution is -2.46. The van der Waals surface area contributed by atoms with Crippen molar-refractivity contribution in [2.24, 2.45) is 0 Å². The molecule has 0 atom stereocenters. The number of carbonyl (C=O) groups is 1. The predicted octanol–water partition coefficient (Wildman–Crippen LogP) is 1.85. The van der Waals surface area contributed by atoms with Gasteiger partial charge in [-0.25, -0.2) is 0 Å². The number of nitrogens with one attached hydrogen (secondary N) is 1. The van der Waals surface area contributed by atoms with Gasteiger partial charge in [-0.1, -0.05) is 25.3 Å². The topological polar surface area (TPSA) is 59.6 Å². The molecule has 0 spiro atoms. The molecule has 0 aromatic carbocycles. The summed E-state index contributed by atoms with van der Waals surface area (Å²) >= 11 is 0. The maximum atomic E-state index is 12.8. The van der Waals surface area contributed by atoms with Gasteiger partial charge < -0.3 is 14.8 Å². The fourth-order valence-corrected chi connectivity index (χ4v) is 4.38. The smallest absolute Gasteiger partial charge is 0.248 e. The summed E-state index contributed by atoms with van der Waals surface area (Å²) in [5, 5.41) is 0. The lowest BCUT2D eigenvalue weighted by Gasteiger charge is -2.34. The molecule has 0 bridgehead atoms. The normalized spacial score (nSPS) is 18.5. The Morgan fingerprint density at radius 2 is 2.00 bits per heavy atom. The number of aromatic amines is 1. The zero-order valence-corrected chi connectivity index (χ0v) is 16.9. The van der Waals surface area contributed by atoms with E-state index in [1.807, 2.05) is 11.0 Å². The number of amides is 1. The van der Waals surface area contributed by atoms with E-state index >= 15 is 0 Å². The van der Waals surface area contributed by atoms with Crippen molar-refractivity contribution in [3.63, 3.8) is 0 Å². The third kappa shape index (κ3) is 5.42. The van der Waals surface area contributed by atoms with Crippen LogP contribution in [0.5, 0.6) is 0 Å². The lowest BCUT2D eigenvalue weighted by molar-refractivity contribution is -0.132. The Hall–Kier alpha value is -1.66. The van der Waals surface area contributed by atoms with E-state index in [9.17, 15) is 9.59 Å². The van der Waals surface area contributed by atoms with Gasteiger partial charge in [0, 0.05) is 56.9 Å². The minimum Gasteiger partial charge on any atom is -0.341 e. The fraction of sp³-hybridized carbons (Fsp3) is 0.714. The van der Waals surface area contributed by atoms with Crippen molar-refractivity contribution in [2.45, 2.75) is 58.0 Å². The molecule has 6 nitrogen and oxygen atoms in total. The van der Waals surface area contributed by atoms with Crippen LogP contribution in [-0.2, 0) is 17.8 Å². The van der Waals surface area contributed by atoms with E-state index in [-0.39, 0.29) is 11.5 Å². The number of likely N-dealkylation sites (N-methyl/N-ethyl adjacent to an activating group) is 2. The van der Waals surface area contributed by atoms with E-state index in [4.69, 9.17) is 0 Å². The van der Waals surface area contributed by atoms with Gasteiger partial charge in [0.1, 0.15) is 0 Å². The van der Waals surface area contributed by atoms with Crippen LogP contribution in [0, 0.1) is 0 Å². The van der Waals surface area contributed by atoms with Crippen LogP contribution in [0.3, 0.4) is 0 Å². The van der Waals surface area contributed by atoms with Crippen molar-refractivity contribution in [2.75, 3.05) is 39.8 Å². The first kappa shape index (κ1) is 20.1. The number of carbonyl (C=O) groups excluding carboxylic acids is 1. The molecule has 2 heterocycles. The Morgan fingerprint density at radius 1 is 1.22 bits per heavy atom. The zero-order chi connectivity index (χ0) is 19.2. The Morgan fingerprint density at radius 3 is 2.74 bits per heavy atom. The fourth-order valence-electron chi connectivity index (χ4n) is 4.38. The van der Waals surface area contributed by atoms with Crippen LogP contribution in [0.15, 0.2) is 16.9 Å². The molecule has 6 heteroatoms. The van der Waals surface area contributed by atoms with E-state index in [1.54, 1.807) is 6.07 Å². The van der Waals surface area contributed by atoms with Crippen LogP contribution in [0.4, 0.5) is 0 Å². The van der Waals surface area contributed by atoms with Gasteiger partial charge in [-0.05, 0) is 32.4 Å². The van der Waals surface area contributed by atoms with Crippen LogP contribution in [0.25, 0.3) is 0 Å². The van der Waals surface area contributed by atoms with Gasteiger partial charge >= 0.3 is 0 Å². The summed E-state index contributed by atoms with van der Waals surface area (Å²) in [6.45, 7) is 6.59. The van der Waals surface area contributed by atoms with Gasteiger partial charge in [-0.2, -0.15) is 0 Å². The number of nitrogens with zero attached hydrogens (tertiary/aromatic N) is 3. The number of hydrogen-bond donors (Lipinski definition) is 1. The highest BCUT2D eigenvalue weighted by Gasteiger charge is 2.23. The van der Waals surface area contributed by atoms with E-state index < -0.39 is 0 Å². The van der Waals surface area contributed by atoms with E-state index in [0.29, 0.717) is 12.6 Å². The lowest BCUT2D eigenvalue weighted by atomic mass is 9.94. The number of hydrogen-bond acceptors (Lipinski definition) is 4. The molecule has 1 aromatic rings. The van der Waals surface area contributed by atoms with Gasteiger partial charge in [0.05, 0.1) is 6.54 Å². The quantitative estimate of drug-likeness (QED) is 0.791. The van der Waals surface area contributed by atoms with Crippen LogP contribution < -0.4 is 5.56 Å². The van der Waals surface area contributed by atoms with Crippen LogP contribution >= 0.6 is 0 Å². The first-order valence-corrected chi connectivity index (χ1v) is 10.5. The average molecular weight is 375 g/mol. The number of pyridine rings is 1. The van der Waals surface area contributed by atoms with Crippen LogP contribution in [-0.4, -0.2) is 71.4 Å². The number of fused-ring (bicyclic) bond motifs is 1. The molecule has 27 heavy (non-hydrogen) atoms. The standard InChI is InChI=1S/C21H34N4O2/c1-3-25(14-13-23(2)18-7-5-4-6-8-18)21(27)16-24-12-11-19-17(15-24)9-10-20(26)22-19/h9-10,18H,3-8,11-16H2,1-2H3,(H,22,26). The minimum atomic E-state index is -0.0440. The molecule has 0 saturated heterocycles. The van der Waals surface area contributed by atoms with Crippen LogP contribution in [0.2, 0.25) is 0 Å². The molecule has 1 aliphatic heterocycles. The minimum absolute atomic E-state index is 0.0440.